The lowest BCUT2D eigenvalue weighted by molar-refractivity contribution is 0.305. The number of pyridine rings is 1. The van der Waals surface area contributed by atoms with Crippen LogP contribution in [0.1, 0.15) is 41.7 Å². The number of hydrogen-bond acceptors (Lipinski definition) is 6. The van der Waals surface area contributed by atoms with Crippen molar-refractivity contribution in [3.63, 3.8) is 0 Å². The number of ether oxygens (including phenoxy) is 2. The van der Waals surface area contributed by atoms with E-state index in [0.717, 1.165) is 22.9 Å². The van der Waals surface area contributed by atoms with Gasteiger partial charge in [0.1, 0.15) is 30.9 Å². The second kappa shape index (κ2) is 11.4. The van der Waals surface area contributed by atoms with Crippen LogP contribution in [0.15, 0.2) is 48.7 Å². The van der Waals surface area contributed by atoms with Crippen molar-refractivity contribution in [2.45, 2.75) is 32.8 Å². The van der Waals surface area contributed by atoms with Crippen molar-refractivity contribution in [2.75, 3.05) is 23.5 Å². The standard InChI is InChI=1S/C26H27Cl2N3O4S/c1-17-18(9-11-30-25(17)31-36(4,32)33)16-35-22-7-5-20(6-8-22)26(2,3)21-13-19(15-29)24(23(28)14-21)34-12-10-27/h5-9,11,13-14H,10,12,16H2,1-4H3,(H,30,31). The molecule has 10 heteroatoms. The van der Waals surface area contributed by atoms with E-state index < -0.39 is 15.4 Å². The van der Waals surface area contributed by atoms with Gasteiger partial charge in [-0.1, -0.05) is 37.6 Å². The number of hydrogen-bond donors (Lipinski definition) is 1. The van der Waals surface area contributed by atoms with Crippen LogP contribution in [0.5, 0.6) is 11.5 Å². The molecule has 1 aromatic heterocycles. The molecule has 0 saturated heterocycles. The number of anilines is 1. The van der Waals surface area contributed by atoms with Crippen molar-refractivity contribution in [3.8, 4) is 17.6 Å². The molecule has 3 aromatic rings. The first-order valence-electron chi connectivity index (χ1n) is 11.0. The van der Waals surface area contributed by atoms with Gasteiger partial charge in [-0.05, 0) is 59.5 Å². The predicted octanol–water partition coefficient (Wildman–Crippen LogP) is 5.81. The molecule has 1 N–H and O–H groups in total. The van der Waals surface area contributed by atoms with Gasteiger partial charge in [0.2, 0.25) is 10.0 Å². The minimum absolute atomic E-state index is 0.250. The van der Waals surface area contributed by atoms with Gasteiger partial charge in [0.15, 0.2) is 5.75 Å². The molecule has 36 heavy (non-hydrogen) atoms. The maximum Gasteiger partial charge on any atom is 0.230 e. The summed E-state index contributed by atoms with van der Waals surface area (Å²) in [6.07, 6.45) is 2.62. The van der Waals surface area contributed by atoms with Crippen molar-refractivity contribution in [1.82, 2.24) is 4.98 Å². The first-order chi connectivity index (χ1) is 17.0. The largest absolute Gasteiger partial charge is 0.489 e. The smallest absolute Gasteiger partial charge is 0.230 e. The summed E-state index contributed by atoms with van der Waals surface area (Å²) in [4.78, 5) is 4.10. The molecule has 0 unspecified atom stereocenters. The van der Waals surface area contributed by atoms with Crippen LogP contribution in [-0.2, 0) is 22.0 Å². The molecule has 0 atom stereocenters. The molecule has 2 aromatic carbocycles. The fourth-order valence-corrected chi connectivity index (χ4v) is 4.54. The van der Waals surface area contributed by atoms with Gasteiger partial charge in [0.25, 0.3) is 0 Å². The first-order valence-corrected chi connectivity index (χ1v) is 13.8. The van der Waals surface area contributed by atoms with Gasteiger partial charge >= 0.3 is 0 Å². The summed E-state index contributed by atoms with van der Waals surface area (Å²) >= 11 is 12.1. The molecule has 0 amide bonds. The molecule has 190 valence electrons. The topological polar surface area (TPSA) is 101 Å². The van der Waals surface area contributed by atoms with E-state index in [0.29, 0.717) is 33.5 Å². The van der Waals surface area contributed by atoms with Gasteiger partial charge in [-0.3, -0.25) is 4.72 Å². The Balaban J connectivity index is 1.78. The van der Waals surface area contributed by atoms with Crippen LogP contribution in [-0.4, -0.2) is 32.1 Å². The van der Waals surface area contributed by atoms with Crippen LogP contribution in [0.25, 0.3) is 0 Å². The molecular formula is C26H27Cl2N3O4S. The summed E-state index contributed by atoms with van der Waals surface area (Å²) < 4.78 is 37.0. The fraction of sp³-hybridized carbons (Fsp3) is 0.308. The van der Waals surface area contributed by atoms with Gasteiger partial charge < -0.3 is 9.47 Å². The maximum absolute atomic E-state index is 11.6. The Morgan fingerprint density at radius 3 is 2.42 bits per heavy atom. The number of rotatable bonds is 10. The molecule has 0 aliphatic rings. The average Bonchev–Trinajstić information content (AvgIpc) is 2.82. The molecule has 0 bridgehead atoms. The highest BCUT2D eigenvalue weighted by atomic mass is 35.5. The van der Waals surface area contributed by atoms with Crippen LogP contribution in [0.2, 0.25) is 5.02 Å². The average molecular weight is 548 g/mol. The summed E-state index contributed by atoms with van der Waals surface area (Å²) in [5.41, 5.74) is 3.29. The number of aromatic nitrogens is 1. The van der Waals surface area contributed by atoms with Crippen LogP contribution >= 0.6 is 23.2 Å². The molecule has 7 nitrogen and oxygen atoms in total. The van der Waals surface area contributed by atoms with E-state index in [1.807, 2.05) is 44.2 Å². The number of nitrogens with zero attached hydrogens (tertiary/aromatic N) is 2. The normalized spacial score (nSPS) is 11.6. The summed E-state index contributed by atoms with van der Waals surface area (Å²) in [5.74, 6) is 1.57. The summed E-state index contributed by atoms with van der Waals surface area (Å²) in [7, 11) is -3.43. The second-order valence-electron chi connectivity index (χ2n) is 8.74. The highest BCUT2D eigenvalue weighted by Gasteiger charge is 2.26. The Labute approximate surface area is 222 Å². The van der Waals surface area contributed by atoms with E-state index in [1.54, 1.807) is 19.1 Å². The lowest BCUT2D eigenvalue weighted by atomic mass is 9.77. The van der Waals surface area contributed by atoms with E-state index in [4.69, 9.17) is 32.7 Å². The minimum atomic E-state index is -3.43. The molecule has 3 rings (SSSR count). The summed E-state index contributed by atoms with van der Waals surface area (Å²) in [5, 5.41) is 9.97. The first kappa shape index (κ1) is 27.6. The van der Waals surface area contributed by atoms with Crippen LogP contribution in [0.4, 0.5) is 5.82 Å². The zero-order valence-corrected chi connectivity index (χ0v) is 22.8. The Hall–Kier alpha value is -2.99. The number of nitriles is 1. The van der Waals surface area contributed by atoms with Gasteiger partial charge in [-0.25, -0.2) is 13.4 Å². The van der Waals surface area contributed by atoms with E-state index >= 15 is 0 Å². The molecule has 0 fully saturated rings. The second-order valence-corrected chi connectivity index (χ2v) is 11.3. The van der Waals surface area contributed by atoms with Crippen LogP contribution in [0.3, 0.4) is 0 Å². The third-order valence-electron chi connectivity index (χ3n) is 5.78. The quantitative estimate of drug-likeness (QED) is 0.321. The monoisotopic (exact) mass is 547 g/mol. The van der Waals surface area contributed by atoms with Gasteiger partial charge in [-0.2, -0.15) is 5.26 Å². The van der Waals surface area contributed by atoms with Gasteiger partial charge in [0.05, 0.1) is 22.7 Å². The molecule has 0 radical (unpaired) electrons. The summed E-state index contributed by atoms with van der Waals surface area (Å²) in [6, 6.07) is 15.2. The van der Waals surface area contributed by atoms with Crippen molar-refractivity contribution in [1.29, 1.82) is 5.26 Å². The van der Waals surface area contributed by atoms with E-state index in [2.05, 4.69) is 15.8 Å². The maximum atomic E-state index is 11.6. The van der Waals surface area contributed by atoms with Crippen molar-refractivity contribution in [3.05, 3.63) is 81.5 Å². The zero-order valence-electron chi connectivity index (χ0n) is 20.4. The van der Waals surface area contributed by atoms with E-state index in [1.165, 1.54) is 6.20 Å². The van der Waals surface area contributed by atoms with Crippen LogP contribution < -0.4 is 14.2 Å². The molecule has 0 spiro atoms. The predicted molar refractivity (Wildman–Crippen MR) is 143 cm³/mol. The lowest BCUT2D eigenvalue weighted by Crippen LogP contribution is -2.19. The van der Waals surface area contributed by atoms with Crippen molar-refractivity contribution >= 4 is 39.0 Å². The molecule has 1 heterocycles. The number of sulfonamides is 1. The van der Waals surface area contributed by atoms with Crippen LogP contribution in [0, 0.1) is 18.3 Å². The van der Waals surface area contributed by atoms with Gasteiger partial charge in [0, 0.05) is 11.6 Å². The van der Waals surface area contributed by atoms with Gasteiger partial charge in [-0.15, -0.1) is 11.6 Å². The molecular weight excluding hydrogens is 521 g/mol. The SMILES string of the molecule is Cc1c(COc2ccc(C(C)(C)c3cc(Cl)c(OCCCl)c(C#N)c3)cc2)ccnc1NS(C)(=O)=O. The number of alkyl halides is 1. The Morgan fingerprint density at radius 1 is 1.11 bits per heavy atom. The number of benzene rings is 2. The lowest BCUT2D eigenvalue weighted by Gasteiger charge is -2.27. The molecule has 0 aliphatic carbocycles. The highest BCUT2D eigenvalue weighted by molar-refractivity contribution is 7.92. The minimum Gasteiger partial charge on any atom is -0.489 e. The van der Waals surface area contributed by atoms with E-state index in [-0.39, 0.29) is 19.0 Å². The van der Waals surface area contributed by atoms with E-state index in [9.17, 15) is 13.7 Å². The zero-order chi connectivity index (χ0) is 26.5. The third-order valence-corrected chi connectivity index (χ3v) is 6.78. The number of halogens is 2. The Kier molecular flexibility index (Phi) is 8.72. The summed E-state index contributed by atoms with van der Waals surface area (Å²) in [6.45, 7) is 6.39. The molecule has 0 saturated carbocycles. The fourth-order valence-electron chi connectivity index (χ4n) is 3.63. The third kappa shape index (κ3) is 6.61. The number of nitrogens with one attached hydrogen (secondary N) is 1. The molecule has 0 aliphatic heterocycles. The Bertz CT molecular complexity index is 1390. The Morgan fingerprint density at radius 2 is 1.81 bits per heavy atom. The van der Waals surface area contributed by atoms with Crippen molar-refractivity contribution in [2.24, 2.45) is 0 Å². The highest BCUT2D eigenvalue weighted by Crippen LogP contribution is 2.38. The van der Waals surface area contributed by atoms with Crippen molar-refractivity contribution < 1.29 is 17.9 Å².